The van der Waals surface area contributed by atoms with Crippen LogP contribution in [0.25, 0.3) is 0 Å². The van der Waals surface area contributed by atoms with E-state index in [-0.39, 0.29) is 17.4 Å². The van der Waals surface area contributed by atoms with Gasteiger partial charge in [0.25, 0.3) is 5.91 Å². The number of aliphatic imine (C=N–C) groups is 1. The second-order valence-electron chi connectivity index (χ2n) is 8.04. The Bertz CT molecular complexity index is 960. The van der Waals surface area contributed by atoms with Crippen molar-refractivity contribution < 1.29 is 9.53 Å². The molecule has 0 bridgehead atoms. The number of rotatable bonds is 7. The Morgan fingerprint density at radius 1 is 1.12 bits per heavy atom. The summed E-state index contributed by atoms with van der Waals surface area (Å²) in [6, 6.07) is 17.9. The second kappa shape index (κ2) is 11.2. The summed E-state index contributed by atoms with van der Waals surface area (Å²) in [5, 5.41) is 18.5. The van der Waals surface area contributed by atoms with Gasteiger partial charge in [-0.25, -0.2) is 0 Å². The Morgan fingerprint density at radius 2 is 1.81 bits per heavy atom. The van der Waals surface area contributed by atoms with Gasteiger partial charge in [0.1, 0.15) is 5.75 Å². The van der Waals surface area contributed by atoms with Crippen LogP contribution in [0.4, 0.5) is 0 Å². The van der Waals surface area contributed by atoms with Gasteiger partial charge in [-0.1, -0.05) is 42.5 Å². The fraction of sp³-hybridized carbons (Fsp3) is 0.400. The molecule has 2 aromatic carbocycles. The zero-order valence-electron chi connectivity index (χ0n) is 18.7. The lowest BCUT2D eigenvalue weighted by atomic mass is 9.68. The maximum atomic E-state index is 12.9. The minimum Gasteiger partial charge on any atom is -0.496 e. The van der Waals surface area contributed by atoms with Gasteiger partial charge in [0.05, 0.1) is 12.7 Å². The third kappa shape index (κ3) is 5.58. The largest absolute Gasteiger partial charge is 0.496 e. The van der Waals surface area contributed by atoms with Gasteiger partial charge in [-0.3, -0.25) is 4.79 Å². The third-order valence-electron chi connectivity index (χ3n) is 6.11. The highest BCUT2D eigenvalue weighted by Crippen LogP contribution is 2.39. The van der Waals surface area contributed by atoms with Crippen molar-refractivity contribution >= 4 is 11.9 Å². The number of methoxy groups -OCH3 is 1. The monoisotopic (exact) mass is 433 g/mol. The molecule has 0 spiro atoms. The van der Waals surface area contributed by atoms with Crippen LogP contribution in [0, 0.1) is 11.5 Å². The molecule has 168 valence electrons. The van der Waals surface area contributed by atoms with Gasteiger partial charge in [0, 0.05) is 24.5 Å². The first-order chi connectivity index (χ1) is 15.6. The van der Waals surface area contributed by atoms with Gasteiger partial charge in [-0.2, -0.15) is 5.26 Å². The van der Waals surface area contributed by atoms with Gasteiger partial charge < -0.3 is 20.7 Å². The topological polar surface area (TPSA) is 98.5 Å². The van der Waals surface area contributed by atoms with E-state index < -0.39 is 0 Å². The minimum absolute atomic E-state index is 0.131. The molecule has 0 saturated heterocycles. The normalized spacial score (nSPS) is 20.7. The summed E-state index contributed by atoms with van der Waals surface area (Å²) in [5.41, 5.74) is 1.62. The highest BCUT2D eigenvalue weighted by Gasteiger charge is 2.37. The smallest absolute Gasteiger partial charge is 0.255 e. The molecule has 1 aliphatic rings. The predicted octanol–water partition coefficient (Wildman–Crippen LogP) is 3.34. The molecule has 0 radical (unpaired) electrons. The van der Waals surface area contributed by atoms with Crippen molar-refractivity contribution in [1.29, 1.82) is 5.26 Å². The van der Waals surface area contributed by atoms with Crippen molar-refractivity contribution in [2.45, 2.75) is 44.1 Å². The van der Waals surface area contributed by atoms with E-state index in [0.29, 0.717) is 30.4 Å². The summed E-state index contributed by atoms with van der Waals surface area (Å²) in [7, 11) is 1.57. The van der Waals surface area contributed by atoms with Crippen molar-refractivity contribution in [3.8, 4) is 11.9 Å². The molecule has 0 atom stereocenters. The van der Waals surface area contributed by atoms with Crippen LogP contribution in [-0.4, -0.2) is 38.1 Å². The Balaban J connectivity index is 1.73. The molecule has 3 N–H and O–H groups in total. The molecule has 2 aromatic rings. The van der Waals surface area contributed by atoms with E-state index in [2.05, 4.69) is 33.1 Å². The van der Waals surface area contributed by atoms with E-state index in [1.54, 1.807) is 19.2 Å². The fourth-order valence-corrected chi connectivity index (χ4v) is 4.38. The van der Waals surface area contributed by atoms with Crippen molar-refractivity contribution in [2.24, 2.45) is 4.99 Å². The molecule has 1 aliphatic carbocycles. The lowest BCUT2D eigenvalue weighted by molar-refractivity contribution is 0.0932. The van der Waals surface area contributed by atoms with Gasteiger partial charge in [0.15, 0.2) is 0 Å². The van der Waals surface area contributed by atoms with Gasteiger partial charge in [-0.05, 0) is 50.3 Å². The van der Waals surface area contributed by atoms with Crippen molar-refractivity contribution in [3.63, 3.8) is 0 Å². The molecule has 7 nitrogen and oxygen atoms in total. The fourth-order valence-electron chi connectivity index (χ4n) is 4.38. The number of hydrogen-bond donors (Lipinski definition) is 3. The quantitative estimate of drug-likeness (QED) is 0.353. The van der Waals surface area contributed by atoms with Crippen LogP contribution >= 0.6 is 0 Å². The Labute approximate surface area is 189 Å². The predicted molar refractivity (Wildman–Crippen MR) is 126 cm³/mol. The molecular weight excluding hydrogens is 402 g/mol. The van der Waals surface area contributed by atoms with Crippen LogP contribution in [0.5, 0.6) is 5.75 Å². The molecule has 3 rings (SSSR count). The van der Waals surface area contributed by atoms with Crippen molar-refractivity contribution in [2.75, 3.05) is 20.2 Å². The number of carbonyl (C=O) groups is 1. The van der Waals surface area contributed by atoms with E-state index >= 15 is 0 Å². The molecule has 0 aromatic heterocycles. The zero-order chi connectivity index (χ0) is 22.8. The van der Waals surface area contributed by atoms with Crippen LogP contribution in [0.3, 0.4) is 0 Å². The standard InChI is InChI=1S/C25H31N5O2/c1-3-27-24(29-18-26)30-20-13-15-25(16-14-20,19-9-5-4-6-10-19)17-28-23(31)21-11-7-8-12-22(21)32-2/h4-12,20H,3,13-17H2,1-2H3,(H,28,31)(H2,27,29,30)/t20-,25+. The summed E-state index contributed by atoms with van der Waals surface area (Å²) < 4.78 is 5.35. The number of para-hydroxylation sites is 1. The highest BCUT2D eigenvalue weighted by atomic mass is 16.5. The molecule has 0 unspecified atom stereocenters. The first-order valence-electron chi connectivity index (χ1n) is 11.1. The summed E-state index contributed by atoms with van der Waals surface area (Å²) >= 11 is 0. The number of guanidine groups is 1. The van der Waals surface area contributed by atoms with Crippen LogP contribution in [0.1, 0.15) is 48.5 Å². The number of nitriles is 1. The average molecular weight is 434 g/mol. The average Bonchev–Trinajstić information content (AvgIpc) is 2.84. The lowest BCUT2D eigenvalue weighted by Crippen LogP contribution is -2.49. The van der Waals surface area contributed by atoms with E-state index in [4.69, 9.17) is 10.00 Å². The van der Waals surface area contributed by atoms with Crippen molar-refractivity contribution in [1.82, 2.24) is 16.0 Å². The second-order valence-corrected chi connectivity index (χ2v) is 8.04. The molecule has 0 heterocycles. The minimum atomic E-state index is -0.151. The maximum Gasteiger partial charge on any atom is 0.255 e. The van der Waals surface area contributed by atoms with E-state index in [9.17, 15) is 4.79 Å². The Hall–Kier alpha value is -3.53. The lowest BCUT2D eigenvalue weighted by Gasteiger charge is -2.41. The number of ether oxygens (including phenoxy) is 1. The van der Waals surface area contributed by atoms with Gasteiger partial charge >= 0.3 is 0 Å². The number of amides is 1. The highest BCUT2D eigenvalue weighted by molar-refractivity contribution is 5.97. The maximum absolute atomic E-state index is 12.9. The zero-order valence-corrected chi connectivity index (χ0v) is 18.7. The first-order valence-corrected chi connectivity index (χ1v) is 11.1. The summed E-state index contributed by atoms with van der Waals surface area (Å²) in [4.78, 5) is 16.8. The number of hydrogen-bond acceptors (Lipinski definition) is 4. The van der Waals surface area contributed by atoms with Crippen LogP contribution in [0.2, 0.25) is 0 Å². The van der Waals surface area contributed by atoms with E-state index in [0.717, 1.165) is 25.7 Å². The molecule has 1 amide bonds. The molecule has 0 aliphatic heterocycles. The number of benzene rings is 2. The summed E-state index contributed by atoms with van der Waals surface area (Å²) in [6.45, 7) is 3.22. The van der Waals surface area contributed by atoms with Crippen molar-refractivity contribution in [3.05, 3.63) is 65.7 Å². The van der Waals surface area contributed by atoms with Crippen LogP contribution in [-0.2, 0) is 5.41 Å². The molecule has 1 saturated carbocycles. The van der Waals surface area contributed by atoms with Crippen LogP contribution in [0.15, 0.2) is 59.6 Å². The number of nitrogens with one attached hydrogen (secondary N) is 3. The molecule has 1 fully saturated rings. The molecule has 32 heavy (non-hydrogen) atoms. The van der Waals surface area contributed by atoms with E-state index in [1.807, 2.05) is 43.4 Å². The molecule has 7 heteroatoms. The molecular formula is C25H31N5O2. The number of nitrogens with zero attached hydrogens (tertiary/aromatic N) is 2. The van der Waals surface area contributed by atoms with Gasteiger partial charge in [0.2, 0.25) is 12.2 Å². The Morgan fingerprint density at radius 3 is 2.47 bits per heavy atom. The summed E-state index contributed by atoms with van der Waals surface area (Å²) in [5.74, 6) is 0.963. The van der Waals surface area contributed by atoms with Gasteiger partial charge in [-0.15, -0.1) is 4.99 Å². The SMILES string of the molecule is CCN/C(=N/C#N)N[C@H]1CC[C@@](CNC(=O)c2ccccc2OC)(c2ccccc2)CC1. The summed E-state index contributed by atoms with van der Waals surface area (Å²) in [6.07, 6.45) is 5.49. The van der Waals surface area contributed by atoms with Crippen LogP contribution < -0.4 is 20.7 Å². The first kappa shape index (κ1) is 23.1. The third-order valence-corrected chi connectivity index (χ3v) is 6.11. The number of carbonyl (C=O) groups excluding carboxylic acids is 1. The van der Waals surface area contributed by atoms with E-state index in [1.165, 1.54) is 5.56 Å². The Kier molecular flexibility index (Phi) is 8.09.